The first-order chi connectivity index (χ1) is 11.5. The Morgan fingerprint density at radius 1 is 0.625 bits per heavy atom. The van der Waals surface area contributed by atoms with E-state index in [2.05, 4.69) is 106 Å². The van der Waals surface area contributed by atoms with Gasteiger partial charge in [-0.1, -0.05) is 81.4 Å². The third-order valence-electron chi connectivity index (χ3n) is 4.19. The van der Waals surface area contributed by atoms with Gasteiger partial charge in [0.1, 0.15) is 5.75 Å². The van der Waals surface area contributed by atoms with E-state index in [0.717, 1.165) is 5.75 Å². The van der Waals surface area contributed by atoms with E-state index in [1.54, 1.807) is 0 Å². The van der Waals surface area contributed by atoms with E-state index in [-0.39, 0.29) is 16.3 Å². The lowest BCUT2D eigenvalue weighted by atomic mass is 9.87. The first-order valence-corrected chi connectivity index (χ1v) is 9.84. The first-order valence-electron chi connectivity index (χ1n) is 8.44. The van der Waals surface area contributed by atoms with Crippen LogP contribution in [0.4, 0.5) is 0 Å². The van der Waals surface area contributed by atoms with Crippen molar-refractivity contribution in [3.05, 3.63) is 96.1 Å². The van der Waals surface area contributed by atoms with E-state index in [4.69, 9.17) is 0 Å². The molecule has 24 heavy (non-hydrogen) atoms. The lowest BCUT2D eigenvalue weighted by Crippen LogP contribution is -2.11. The normalized spacial score (nSPS) is 11.7. The molecule has 0 nitrogen and oxygen atoms in total. The van der Waals surface area contributed by atoms with E-state index in [1.807, 2.05) is 0 Å². The molecule has 3 aromatic carbocycles. The van der Waals surface area contributed by atoms with Crippen LogP contribution in [0.1, 0.15) is 31.9 Å². The Bertz CT molecular complexity index is 713. The minimum absolute atomic E-state index is 0.0700. The van der Waals surface area contributed by atoms with Gasteiger partial charge in [0.15, 0.2) is 9.79 Å². The van der Waals surface area contributed by atoms with Crippen LogP contribution in [0.25, 0.3) is 0 Å². The van der Waals surface area contributed by atoms with Gasteiger partial charge in [-0.05, 0) is 35.2 Å². The molecule has 0 radical (unpaired) electrons. The van der Waals surface area contributed by atoms with Gasteiger partial charge in [0, 0.05) is 5.56 Å². The molecular formula is C23H25S+. The summed E-state index contributed by atoms with van der Waals surface area (Å²) in [5.74, 6) is 1.05. The lowest BCUT2D eigenvalue weighted by Gasteiger charge is -2.19. The zero-order chi connectivity index (χ0) is 17.0. The Kier molecular flexibility index (Phi) is 5.11. The van der Waals surface area contributed by atoms with E-state index >= 15 is 0 Å². The summed E-state index contributed by atoms with van der Waals surface area (Å²) in [6.07, 6.45) is 0. The van der Waals surface area contributed by atoms with Gasteiger partial charge in [-0.3, -0.25) is 0 Å². The van der Waals surface area contributed by atoms with Crippen molar-refractivity contribution in [2.75, 3.05) is 0 Å². The van der Waals surface area contributed by atoms with Crippen molar-refractivity contribution in [1.82, 2.24) is 0 Å². The van der Waals surface area contributed by atoms with Crippen LogP contribution < -0.4 is 0 Å². The van der Waals surface area contributed by atoms with Crippen LogP contribution in [-0.4, -0.2) is 0 Å². The number of benzene rings is 3. The van der Waals surface area contributed by atoms with Crippen molar-refractivity contribution >= 4 is 10.9 Å². The minimum atomic E-state index is 0.0700. The summed E-state index contributed by atoms with van der Waals surface area (Å²) in [7, 11) is 0.0700. The smallest absolute Gasteiger partial charge is 0.0619 e. The summed E-state index contributed by atoms with van der Waals surface area (Å²) >= 11 is 0. The highest BCUT2D eigenvalue weighted by Crippen LogP contribution is 2.28. The molecular weight excluding hydrogens is 308 g/mol. The maximum atomic E-state index is 2.30. The van der Waals surface area contributed by atoms with Crippen molar-refractivity contribution in [3.63, 3.8) is 0 Å². The van der Waals surface area contributed by atoms with Gasteiger partial charge < -0.3 is 0 Å². The van der Waals surface area contributed by atoms with E-state index in [9.17, 15) is 0 Å². The first kappa shape index (κ1) is 16.9. The second kappa shape index (κ2) is 7.27. The van der Waals surface area contributed by atoms with Crippen LogP contribution in [0.3, 0.4) is 0 Å². The molecule has 0 N–H and O–H groups in total. The Hall–Kier alpha value is -1.99. The van der Waals surface area contributed by atoms with Crippen LogP contribution in [0.5, 0.6) is 0 Å². The fraction of sp³-hybridized carbons (Fsp3) is 0.217. The van der Waals surface area contributed by atoms with Crippen molar-refractivity contribution in [2.24, 2.45) is 0 Å². The van der Waals surface area contributed by atoms with Crippen molar-refractivity contribution < 1.29 is 0 Å². The van der Waals surface area contributed by atoms with Crippen LogP contribution >= 0.6 is 0 Å². The molecule has 0 aliphatic rings. The summed E-state index contributed by atoms with van der Waals surface area (Å²) in [6, 6.07) is 30.9. The van der Waals surface area contributed by atoms with Crippen LogP contribution in [0.2, 0.25) is 0 Å². The maximum absolute atomic E-state index is 2.30. The molecule has 0 aromatic heterocycles. The minimum Gasteiger partial charge on any atom is -0.0619 e. The predicted molar refractivity (Wildman–Crippen MR) is 106 cm³/mol. The summed E-state index contributed by atoms with van der Waals surface area (Å²) in [5, 5.41) is 0. The Labute approximate surface area is 148 Å². The molecule has 3 rings (SSSR count). The molecule has 0 fully saturated rings. The molecule has 0 unspecified atom stereocenters. The van der Waals surface area contributed by atoms with Crippen molar-refractivity contribution in [2.45, 2.75) is 41.7 Å². The van der Waals surface area contributed by atoms with Gasteiger partial charge in [-0.25, -0.2) is 0 Å². The monoisotopic (exact) mass is 333 g/mol. The number of hydrogen-bond acceptors (Lipinski definition) is 0. The Balaban J connectivity index is 1.90. The second-order valence-corrected chi connectivity index (χ2v) is 9.12. The van der Waals surface area contributed by atoms with Crippen molar-refractivity contribution in [1.29, 1.82) is 0 Å². The zero-order valence-corrected chi connectivity index (χ0v) is 15.5. The van der Waals surface area contributed by atoms with Gasteiger partial charge >= 0.3 is 0 Å². The molecule has 0 atom stereocenters. The third-order valence-corrected chi connectivity index (χ3v) is 6.49. The van der Waals surface area contributed by atoms with Gasteiger partial charge in [0.2, 0.25) is 0 Å². The summed E-state index contributed by atoms with van der Waals surface area (Å²) in [6.45, 7) is 6.79. The van der Waals surface area contributed by atoms with Crippen molar-refractivity contribution in [3.8, 4) is 0 Å². The van der Waals surface area contributed by atoms with Gasteiger partial charge in [-0.15, -0.1) is 0 Å². The molecule has 0 spiro atoms. The predicted octanol–water partition coefficient (Wildman–Crippen LogP) is 6.22. The third kappa shape index (κ3) is 4.10. The molecule has 122 valence electrons. The molecule has 0 aliphatic carbocycles. The summed E-state index contributed by atoms with van der Waals surface area (Å²) in [5.41, 5.74) is 3.00. The topological polar surface area (TPSA) is 0 Å². The second-order valence-electron chi connectivity index (χ2n) is 7.11. The average Bonchev–Trinajstić information content (AvgIpc) is 2.61. The summed E-state index contributed by atoms with van der Waals surface area (Å²) in [4.78, 5) is 2.81. The molecule has 3 aromatic rings. The fourth-order valence-electron chi connectivity index (χ4n) is 2.74. The molecule has 0 saturated carbocycles. The molecule has 0 bridgehead atoms. The highest BCUT2D eigenvalue weighted by Gasteiger charge is 2.25. The van der Waals surface area contributed by atoms with Crippen LogP contribution in [0, 0.1) is 0 Å². The Morgan fingerprint density at radius 3 is 1.50 bits per heavy atom. The lowest BCUT2D eigenvalue weighted by molar-refractivity contribution is 0.590. The average molecular weight is 334 g/mol. The summed E-state index contributed by atoms with van der Waals surface area (Å²) < 4.78 is 0. The highest BCUT2D eigenvalue weighted by atomic mass is 32.2. The van der Waals surface area contributed by atoms with E-state index in [0.29, 0.717) is 0 Å². The molecule has 1 heteroatoms. The zero-order valence-electron chi connectivity index (χ0n) is 14.7. The maximum Gasteiger partial charge on any atom is 0.161 e. The number of hydrogen-bond donors (Lipinski definition) is 0. The molecule has 0 heterocycles. The SMILES string of the molecule is CC(C)(C)c1ccc(C[S+](c2ccccc2)c2ccccc2)cc1. The quantitative estimate of drug-likeness (QED) is 0.497. The van der Waals surface area contributed by atoms with E-state index in [1.165, 1.54) is 20.9 Å². The standard InChI is InChI=1S/C23H25S/c1-23(2,3)20-16-14-19(15-17-20)18-24(21-10-6-4-7-11-21)22-12-8-5-9-13-22/h4-17H,18H2,1-3H3/q+1. The number of rotatable bonds is 4. The highest BCUT2D eigenvalue weighted by molar-refractivity contribution is 7.96. The Morgan fingerprint density at radius 2 is 1.08 bits per heavy atom. The van der Waals surface area contributed by atoms with Crippen LogP contribution in [-0.2, 0) is 22.1 Å². The molecule has 0 amide bonds. The van der Waals surface area contributed by atoms with Gasteiger partial charge in [-0.2, -0.15) is 0 Å². The largest absolute Gasteiger partial charge is 0.161 e. The fourth-order valence-corrected chi connectivity index (χ4v) is 4.84. The van der Waals surface area contributed by atoms with Gasteiger partial charge in [0.05, 0.1) is 10.9 Å². The molecule has 0 aliphatic heterocycles. The van der Waals surface area contributed by atoms with Crippen LogP contribution in [0.15, 0.2) is 94.7 Å². The van der Waals surface area contributed by atoms with E-state index < -0.39 is 0 Å². The van der Waals surface area contributed by atoms with Gasteiger partial charge in [0.25, 0.3) is 0 Å². The molecule has 0 saturated heterocycles.